The molecule has 0 aliphatic carbocycles. The van der Waals surface area contributed by atoms with Crippen LogP contribution in [0.5, 0.6) is 0 Å². The number of aromatic nitrogens is 5. The second kappa shape index (κ2) is 18.7. The molecule has 0 aliphatic heterocycles. The van der Waals surface area contributed by atoms with Crippen LogP contribution in [0.4, 0.5) is 0 Å². The molecule has 5 heteroatoms. The van der Waals surface area contributed by atoms with Crippen LogP contribution in [0.25, 0.3) is 111 Å². The zero-order chi connectivity index (χ0) is 54.5. The van der Waals surface area contributed by atoms with Crippen molar-refractivity contribution in [3.63, 3.8) is 0 Å². The standard InChI is InChI=1S/C73H69N5/c1-70(2,3)51-38-49(39-52(44-51)71(4,5)6)67-74-68(50-40-53(72(7,8)9)45-54(41-50)73(10,11)12)76-69(75-67)60-43-48(35-37-66(60)78-62-31-21-17-27-56(62)57-28-18-22-32-63(57)78)55-26-16-20-30-61(55)77-64-33-23-19-29-58(64)59-42-47(34-36-65(59)77)46-24-14-13-15-25-46/h13-45H,1-12H3. The fraction of sp³-hybridized carbons (Fsp3) is 0.219. The summed E-state index contributed by atoms with van der Waals surface area (Å²) in [4.78, 5) is 17.0. The Balaban J connectivity index is 1.17. The molecule has 0 saturated heterocycles. The van der Waals surface area contributed by atoms with Gasteiger partial charge in [-0.1, -0.05) is 210 Å². The number of benzene rings is 9. The Kier molecular flexibility index (Phi) is 12.1. The maximum Gasteiger partial charge on any atom is 0.166 e. The van der Waals surface area contributed by atoms with E-state index in [-0.39, 0.29) is 21.7 Å². The molecule has 0 amide bonds. The van der Waals surface area contributed by atoms with Crippen LogP contribution in [0.1, 0.15) is 105 Å². The van der Waals surface area contributed by atoms with Crippen LogP contribution in [0.15, 0.2) is 200 Å². The lowest BCUT2D eigenvalue weighted by Gasteiger charge is -2.26. The molecule has 0 atom stereocenters. The smallest absolute Gasteiger partial charge is 0.166 e. The Morgan fingerprint density at radius 1 is 0.256 bits per heavy atom. The normalized spacial score (nSPS) is 12.6. The fourth-order valence-corrected chi connectivity index (χ4v) is 11.2. The fourth-order valence-electron chi connectivity index (χ4n) is 11.2. The van der Waals surface area contributed by atoms with E-state index in [0.29, 0.717) is 17.5 Å². The molecule has 5 nitrogen and oxygen atoms in total. The third-order valence-corrected chi connectivity index (χ3v) is 15.8. The molecule has 0 N–H and O–H groups in total. The van der Waals surface area contributed by atoms with E-state index in [1.807, 2.05) is 0 Å². The molecule has 0 bridgehead atoms. The Morgan fingerprint density at radius 3 is 1.13 bits per heavy atom. The molecule has 12 rings (SSSR count). The first kappa shape index (κ1) is 50.4. The van der Waals surface area contributed by atoms with Gasteiger partial charge in [-0.05, 0) is 133 Å². The summed E-state index contributed by atoms with van der Waals surface area (Å²) in [7, 11) is 0. The van der Waals surface area contributed by atoms with Crippen molar-refractivity contribution in [3.05, 3.63) is 222 Å². The predicted molar refractivity (Wildman–Crippen MR) is 330 cm³/mol. The maximum absolute atomic E-state index is 5.70. The van der Waals surface area contributed by atoms with Crippen LogP contribution >= 0.6 is 0 Å². The first-order chi connectivity index (χ1) is 37.2. The monoisotopic (exact) mass is 1020 g/mol. The van der Waals surface area contributed by atoms with Gasteiger partial charge in [-0.3, -0.25) is 0 Å². The van der Waals surface area contributed by atoms with Gasteiger partial charge in [-0.25, -0.2) is 15.0 Å². The average molecular weight is 1020 g/mol. The number of hydrogen-bond donors (Lipinski definition) is 0. The van der Waals surface area contributed by atoms with Crippen molar-refractivity contribution in [1.29, 1.82) is 0 Å². The van der Waals surface area contributed by atoms with E-state index in [1.54, 1.807) is 0 Å². The van der Waals surface area contributed by atoms with Gasteiger partial charge in [0.25, 0.3) is 0 Å². The highest BCUT2D eigenvalue weighted by molar-refractivity contribution is 6.12. The summed E-state index contributed by atoms with van der Waals surface area (Å²) in [5.41, 5.74) is 18.5. The quantitative estimate of drug-likeness (QED) is 0.160. The van der Waals surface area contributed by atoms with Gasteiger partial charge >= 0.3 is 0 Å². The zero-order valence-electron chi connectivity index (χ0n) is 47.3. The van der Waals surface area contributed by atoms with Crippen LogP contribution in [0.2, 0.25) is 0 Å². The van der Waals surface area contributed by atoms with Gasteiger partial charge in [0.15, 0.2) is 17.5 Å². The predicted octanol–water partition coefficient (Wildman–Crippen LogP) is 19.6. The summed E-state index contributed by atoms with van der Waals surface area (Å²) in [6, 6.07) is 73.6. The highest BCUT2D eigenvalue weighted by atomic mass is 15.1. The Bertz CT molecular complexity index is 4080. The van der Waals surface area contributed by atoms with Gasteiger partial charge in [-0.15, -0.1) is 0 Å². The minimum Gasteiger partial charge on any atom is -0.309 e. The second-order valence-electron chi connectivity index (χ2n) is 25.5. The van der Waals surface area contributed by atoms with Gasteiger partial charge in [0.05, 0.1) is 33.4 Å². The molecule has 0 saturated carbocycles. The van der Waals surface area contributed by atoms with E-state index in [4.69, 9.17) is 15.0 Å². The molecule has 3 heterocycles. The molecular weight excluding hydrogens is 947 g/mol. The highest BCUT2D eigenvalue weighted by Crippen LogP contribution is 2.43. The highest BCUT2D eigenvalue weighted by Gasteiger charge is 2.27. The summed E-state index contributed by atoms with van der Waals surface area (Å²) in [6.07, 6.45) is 0. The van der Waals surface area contributed by atoms with E-state index in [2.05, 4.69) is 292 Å². The van der Waals surface area contributed by atoms with Crippen molar-refractivity contribution in [2.75, 3.05) is 0 Å². The Hall–Kier alpha value is -8.41. The van der Waals surface area contributed by atoms with E-state index < -0.39 is 0 Å². The van der Waals surface area contributed by atoms with Crippen molar-refractivity contribution in [3.8, 4) is 67.8 Å². The molecule has 0 radical (unpaired) electrons. The van der Waals surface area contributed by atoms with E-state index in [1.165, 1.54) is 54.9 Å². The summed E-state index contributed by atoms with van der Waals surface area (Å²) in [6.45, 7) is 27.5. The maximum atomic E-state index is 5.70. The lowest BCUT2D eigenvalue weighted by molar-refractivity contribution is 0.568. The van der Waals surface area contributed by atoms with Crippen LogP contribution < -0.4 is 0 Å². The number of hydrogen-bond acceptors (Lipinski definition) is 3. The largest absolute Gasteiger partial charge is 0.309 e. The first-order valence-electron chi connectivity index (χ1n) is 27.6. The molecule has 386 valence electrons. The van der Waals surface area contributed by atoms with Crippen molar-refractivity contribution in [1.82, 2.24) is 24.1 Å². The molecular formula is C73H69N5. The molecule has 9 aromatic carbocycles. The Labute approximate surface area is 460 Å². The minimum atomic E-state index is -0.122. The number of rotatable bonds is 7. The van der Waals surface area contributed by atoms with Gasteiger partial charge in [0, 0.05) is 43.8 Å². The second-order valence-corrected chi connectivity index (χ2v) is 25.5. The molecule has 3 aromatic heterocycles. The summed E-state index contributed by atoms with van der Waals surface area (Å²) in [5, 5.41) is 4.80. The van der Waals surface area contributed by atoms with Crippen molar-refractivity contribution < 1.29 is 0 Å². The van der Waals surface area contributed by atoms with Gasteiger partial charge in [0.2, 0.25) is 0 Å². The van der Waals surface area contributed by atoms with Gasteiger partial charge < -0.3 is 9.13 Å². The third-order valence-electron chi connectivity index (χ3n) is 15.8. The van der Waals surface area contributed by atoms with Crippen molar-refractivity contribution in [2.24, 2.45) is 0 Å². The molecule has 0 unspecified atom stereocenters. The minimum absolute atomic E-state index is 0.122. The lowest BCUT2D eigenvalue weighted by Crippen LogP contribution is -2.17. The van der Waals surface area contributed by atoms with Crippen LogP contribution in [0.3, 0.4) is 0 Å². The van der Waals surface area contributed by atoms with Gasteiger partial charge in [0.1, 0.15) is 0 Å². The summed E-state index contributed by atoms with van der Waals surface area (Å²) in [5.74, 6) is 1.89. The SMILES string of the molecule is CC(C)(C)c1cc(-c2nc(-c3cc(C(C)(C)C)cc(C(C)(C)C)c3)nc(-c3cc(-c4ccccc4-n4c5ccccc5c5cc(-c6ccccc6)ccc54)ccc3-n3c4ccccc4c4ccccc43)n2)cc(C(C)(C)C)c1. The molecule has 78 heavy (non-hydrogen) atoms. The number of fused-ring (bicyclic) bond motifs is 6. The third kappa shape index (κ3) is 9.09. The molecule has 0 spiro atoms. The molecule has 0 fully saturated rings. The number of nitrogens with zero attached hydrogens (tertiary/aromatic N) is 5. The van der Waals surface area contributed by atoms with E-state index >= 15 is 0 Å². The number of para-hydroxylation sites is 4. The Morgan fingerprint density at radius 2 is 0.641 bits per heavy atom. The first-order valence-corrected chi connectivity index (χ1v) is 27.6. The van der Waals surface area contributed by atoms with Crippen molar-refractivity contribution >= 4 is 43.6 Å². The average Bonchev–Trinajstić information content (AvgIpc) is 4.17. The van der Waals surface area contributed by atoms with Crippen LogP contribution in [0, 0.1) is 0 Å². The topological polar surface area (TPSA) is 48.5 Å². The summed E-state index contributed by atoms with van der Waals surface area (Å²) < 4.78 is 4.85. The van der Waals surface area contributed by atoms with Crippen molar-refractivity contribution in [2.45, 2.75) is 105 Å². The van der Waals surface area contributed by atoms with Gasteiger partial charge in [-0.2, -0.15) is 0 Å². The molecule has 12 aromatic rings. The van der Waals surface area contributed by atoms with Crippen LogP contribution in [-0.4, -0.2) is 24.1 Å². The lowest BCUT2D eigenvalue weighted by atomic mass is 9.79. The zero-order valence-corrected chi connectivity index (χ0v) is 47.3. The summed E-state index contributed by atoms with van der Waals surface area (Å²) >= 11 is 0. The molecule has 0 aliphatic rings. The van der Waals surface area contributed by atoms with E-state index in [0.717, 1.165) is 61.3 Å². The van der Waals surface area contributed by atoms with E-state index in [9.17, 15) is 0 Å². The van der Waals surface area contributed by atoms with Crippen LogP contribution in [-0.2, 0) is 21.7 Å².